The van der Waals surface area contributed by atoms with Crippen molar-refractivity contribution in [2.45, 2.75) is 26.2 Å². The number of halogens is 1. The molecule has 0 bridgehead atoms. The Morgan fingerprint density at radius 3 is 2.48 bits per heavy atom. The summed E-state index contributed by atoms with van der Waals surface area (Å²) in [5.74, 6) is -1.01. The van der Waals surface area contributed by atoms with Crippen LogP contribution in [0.2, 0.25) is 5.02 Å². The van der Waals surface area contributed by atoms with Crippen LogP contribution >= 0.6 is 11.6 Å². The average molecular weight is 391 g/mol. The first kappa shape index (κ1) is 20.4. The number of nitrogens with zero attached hydrogens (tertiary/aromatic N) is 1. The summed E-state index contributed by atoms with van der Waals surface area (Å²) in [6, 6.07) is 10.8. The third-order valence-electron chi connectivity index (χ3n) is 4.09. The number of amides is 1. The molecule has 1 atom stereocenters. The zero-order valence-corrected chi connectivity index (χ0v) is 15.7. The standard InChI is InChI=1S/C19H19ClN2O5/c1-3-12(2)13-4-6-14(7-5-13)21-18(23)11-27-19(24)16-10-15(22(25)26)8-9-17(16)20/h4-10,12H,3,11H2,1-2H3,(H,21,23)/t12-/m1/s1. The summed E-state index contributed by atoms with van der Waals surface area (Å²) >= 11 is 5.87. The van der Waals surface area contributed by atoms with Crippen molar-refractivity contribution in [1.29, 1.82) is 0 Å². The van der Waals surface area contributed by atoms with E-state index in [9.17, 15) is 19.7 Å². The summed E-state index contributed by atoms with van der Waals surface area (Å²) in [6.07, 6.45) is 1.02. The molecule has 0 aliphatic carbocycles. The highest BCUT2D eigenvalue weighted by Crippen LogP contribution is 2.23. The van der Waals surface area contributed by atoms with Gasteiger partial charge in [-0.1, -0.05) is 37.6 Å². The molecule has 1 N–H and O–H groups in total. The number of nitrogens with one attached hydrogen (secondary N) is 1. The van der Waals surface area contributed by atoms with Crippen LogP contribution in [0.25, 0.3) is 0 Å². The molecule has 0 aliphatic heterocycles. The Hall–Kier alpha value is -2.93. The van der Waals surface area contributed by atoms with Crippen LogP contribution in [0.3, 0.4) is 0 Å². The molecule has 0 radical (unpaired) electrons. The summed E-state index contributed by atoms with van der Waals surface area (Å²) in [4.78, 5) is 34.1. The van der Waals surface area contributed by atoms with Gasteiger partial charge in [-0.15, -0.1) is 0 Å². The van der Waals surface area contributed by atoms with Gasteiger partial charge in [0.15, 0.2) is 6.61 Å². The molecule has 0 aliphatic rings. The fourth-order valence-corrected chi connectivity index (χ4v) is 2.51. The molecule has 2 rings (SSSR count). The minimum absolute atomic E-state index is 0.00615. The number of carbonyl (C=O) groups excluding carboxylic acids is 2. The number of benzene rings is 2. The highest BCUT2D eigenvalue weighted by molar-refractivity contribution is 6.33. The topological polar surface area (TPSA) is 98.5 Å². The number of nitro benzene ring substituents is 1. The number of hydrogen-bond donors (Lipinski definition) is 1. The molecule has 8 heteroatoms. The minimum atomic E-state index is -0.911. The summed E-state index contributed by atoms with van der Waals surface area (Å²) in [7, 11) is 0. The van der Waals surface area contributed by atoms with Crippen LogP contribution in [0.1, 0.15) is 42.1 Å². The second kappa shape index (κ2) is 9.14. The van der Waals surface area contributed by atoms with Gasteiger partial charge in [-0.25, -0.2) is 4.79 Å². The van der Waals surface area contributed by atoms with Crippen LogP contribution in [-0.2, 0) is 9.53 Å². The average Bonchev–Trinajstić information content (AvgIpc) is 2.66. The SMILES string of the molecule is CC[C@@H](C)c1ccc(NC(=O)COC(=O)c2cc([N+](=O)[O-])ccc2Cl)cc1. The molecule has 0 heterocycles. The predicted octanol–water partition coefficient (Wildman–Crippen LogP) is 4.56. The highest BCUT2D eigenvalue weighted by atomic mass is 35.5. The Labute approximate surface area is 161 Å². The van der Waals surface area contributed by atoms with Gasteiger partial charge in [-0.05, 0) is 36.1 Å². The van der Waals surface area contributed by atoms with Gasteiger partial charge in [-0.3, -0.25) is 14.9 Å². The maximum Gasteiger partial charge on any atom is 0.340 e. The molecular formula is C19H19ClN2O5. The van der Waals surface area contributed by atoms with E-state index in [2.05, 4.69) is 19.2 Å². The van der Waals surface area contributed by atoms with Crippen molar-refractivity contribution in [3.63, 3.8) is 0 Å². The first-order valence-electron chi connectivity index (χ1n) is 8.32. The Kier molecular flexibility index (Phi) is 6.90. The molecule has 142 valence electrons. The first-order chi connectivity index (χ1) is 12.8. The molecule has 2 aromatic rings. The summed E-state index contributed by atoms with van der Waals surface area (Å²) in [6.45, 7) is 3.68. The summed E-state index contributed by atoms with van der Waals surface area (Å²) < 4.78 is 4.90. The van der Waals surface area contributed by atoms with Crippen LogP contribution in [0.4, 0.5) is 11.4 Å². The Balaban J connectivity index is 1.94. The van der Waals surface area contributed by atoms with Gasteiger partial charge in [0.2, 0.25) is 0 Å². The number of hydrogen-bond acceptors (Lipinski definition) is 5. The van der Waals surface area contributed by atoms with Crippen molar-refractivity contribution in [3.05, 3.63) is 68.7 Å². The number of nitro groups is 1. The Bertz CT molecular complexity index is 852. The molecule has 1 amide bonds. The number of rotatable bonds is 7. The molecule has 0 aromatic heterocycles. The van der Waals surface area contributed by atoms with E-state index in [0.717, 1.165) is 12.5 Å². The van der Waals surface area contributed by atoms with Crippen molar-refractivity contribution in [2.24, 2.45) is 0 Å². The van der Waals surface area contributed by atoms with E-state index in [0.29, 0.717) is 11.6 Å². The van der Waals surface area contributed by atoms with Crippen molar-refractivity contribution < 1.29 is 19.2 Å². The van der Waals surface area contributed by atoms with E-state index in [1.807, 2.05) is 12.1 Å². The number of anilines is 1. The van der Waals surface area contributed by atoms with Gasteiger partial charge in [-0.2, -0.15) is 0 Å². The fourth-order valence-electron chi connectivity index (χ4n) is 2.32. The second-order valence-electron chi connectivity index (χ2n) is 5.98. The monoisotopic (exact) mass is 390 g/mol. The molecule has 0 unspecified atom stereocenters. The van der Waals surface area contributed by atoms with Gasteiger partial charge >= 0.3 is 5.97 Å². The van der Waals surface area contributed by atoms with E-state index < -0.39 is 23.4 Å². The molecule has 2 aromatic carbocycles. The molecule has 0 saturated heterocycles. The molecule has 0 saturated carbocycles. The zero-order chi connectivity index (χ0) is 20.0. The second-order valence-corrected chi connectivity index (χ2v) is 6.38. The number of non-ortho nitro benzene ring substituents is 1. The predicted molar refractivity (Wildman–Crippen MR) is 102 cm³/mol. The lowest BCUT2D eigenvalue weighted by Gasteiger charge is -2.11. The largest absolute Gasteiger partial charge is 0.452 e. The van der Waals surface area contributed by atoms with Crippen LogP contribution in [0.5, 0.6) is 0 Å². The Morgan fingerprint density at radius 2 is 1.89 bits per heavy atom. The Morgan fingerprint density at radius 1 is 1.22 bits per heavy atom. The number of carbonyl (C=O) groups is 2. The minimum Gasteiger partial charge on any atom is -0.452 e. The third-order valence-corrected chi connectivity index (χ3v) is 4.42. The lowest BCUT2D eigenvalue weighted by Crippen LogP contribution is -2.21. The highest BCUT2D eigenvalue weighted by Gasteiger charge is 2.18. The number of esters is 1. The molecule has 7 nitrogen and oxygen atoms in total. The van der Waals surface area contributed by atoms with Gasteiger partial charge in [0, 0.05) is 17.8 Å². The maximum atomic E-state index is 12.0. The van der Waals surface area contributed by atoms with Crippen LogP contribution in [0.15, 0.2) is 42.5 Å². The molecule has 0 spiro atoms. The van der Waals surface area contributed by atoms with Crippen molar-refractivity contribution in [1.82, 2.24) is 0 Å². The summed E-state index contributed by atoms with van der Waals surface area (Å²) in [5.41, 5.74) is 1.28. The van der Waals surface area contributed by atoms with Gasteiger partial charge in [0.25, 0.3) is 11.6 Å². The molecule has 0 fully saturated rings. The van der Waals surface area contributed by atoms with E-state index in [4.69, 9.17) is 16.3 Å². The quantitative estimate of drug-likeness (QED) is 0.424. The van der Waals surface area contributed by atoms with Crippen LogP contribution in [0, 0.1) is 10.1 Å². The van der Waals surface area contributed by atoms with E-state index in [1.54, 1.807) is 12.1 Å². The van der Waals surface area contributed by atoms with Gasteiger partial charge in [0.05, 0.1) is 15.5 Å². The molecular weight excluding hydrogens is 372 g/mol. The lowest BCUT2D eigenvalue weighted by molar-refractivity contribution is -0.384. The van der Waals surface area contributed by atoms with Crippen LogP contribution in [-0.4, -0.2) is 23.4 Å². The normalized spacial score (nSPS) is 11.5. The fraction of sp³-hybridized carbons (Fsp3) is 0.263. The molecule has 27 heavy (non-hydrogen) atoms. The van der Waals surface area contributed by atoms with Gasteiger partial charge < -0.3 is 10.1 Å². The first-order valence-corrected chi connectivity index (χ1v) is 8.70. The van der Waals surface area contributed by atoms with Crippen LogP contribution < -0.4 is 5.32 Å². The van der Waals surface area contributed by atoms with E-state index in [-0.39, 0.29) is 16.3 Å². The van der Waals surface area contributed by atoms with Gasteiger partial charge in [0.1, 0.15) is 0 Å². The van der Waals surface area contributed by atoms with Crippen molar-refractivity contribution >= 4 is 34.9 Å². The summed E-state index contributed by atoms with van der Waals surface area (Å²) in [5, 5.41) is 13.4. The van der Waals surface area contributed by atoms with E-state index in [1.165, 1.54) is 17.7 Å². The van der Waals surface area contributed by atoms with E-state index >= 15 is 0 Å². The third kappa shape index (κ3) is 5.52. The van der Waals surface area contributed by atoms with Crippen molar-refractivity contribution in [2.75, 3.05) is 11.9 Å². The zero-order valence-electron chi connectivity index (χ0n) is 14.9. The lowest BCUT2D eigenvalue weighted by atomic mass is 9.99. The van der Waals surface area contributed by atoms with Crippen molar-refractivity contribution in [3.8, 4) is 0 Å². The smallest absolute Gasteiger partial charge is 0.340 e. The maximum absolute atomic E-state index is 12.0. The number of ether oxygens (including phenoxy) is 1.